The highest BCUT2D eigenvalue weighted by molar-refractivity contribution is 6.69. The number of anilines is 1. The summed E-state index contributed by atoms with van der Waals surface area (Å²) in [5, 5.41) is 10.1. The Morgan fingerprint density at radius 2 is 2.10 bits per heavy atom. The third kappa shape index (κ3) is 3.18. The third-order valence-corrected chi connectivity index (χ3v) is 4.70. The van der Waals surface area contributed by atoms with Gasteiger partial charge in [0.2, 0.25) is 0 Å². The molecule has 1 unspecified atom stereocenters. The van der Waals surface area contributed by atoms with Gasteiger partial charge in [0.05, 0.1) is 29.5 Å². The summed E-state index contributed by atoms with van der Waals surface area (Å²) in [6, 6.07) is 4.21. The Morgan fingerprint density at radius 1 is 1.43 bits per heavy atom. The molecule has 1 aromatic carbocycles. The molecule has 0 saturated carbocycles. The van der Waals surface area contributed by atoms with Gasteiger partial charge in [-0.1, -0.05) is 11.6 Å². The van der Waals surface area contributed by atoms with Gasteiger partial charge >= 0.3 is 0 Å². The van der Waals surface area contributed by atoms with Gasteiger partial charge in [-0.25, -0.2) is 0 Å². The summed E-state index contributed by atoms with van der Waals surface area (Å²) < 4.78 is 11.5. The molecule has 21 heavy (non-hydrogen) atoms. The van der Waals surface area contributed by atoms with Crippen molar-refractivity contribution in [2.45, 2.75) is 32.2 Å². The van der Waals surface area contributed by atoms with Crippen LogP contribution >= 0.6 is 11.6 Å². The Balaban J connectivity index is 2.63. The maximum atomic E-state index is 9.60. The molecular formula is C15H21ClN2O2Si. The van der Waals surface area contributed by atoms with Crippen molar-refractivity contribution >= 4 is 25.6 Å². The number of likely N-dealkylation sites (N-methyl/N-ethyl adjacent to an activating group) is 1. The molecule has 4 nitrogen and oxygen atoms in total. The Morgan fingerprint density at radius 3 is 2.62 bits per heavy atom. The zero-order valence-electron chi connectivity index (χ0n) is 13.2. The van der Waals surface area contributed by atoms with E-state index in [2.05, 4.69) is 30.6 Å². The number of halogens is 1. The van der Waals surface area contributed by atoms with Crippen molar-refractivity contribution in [2.24, 2.45) is 0 Å². The van der Waals surface area contributed by atoms with Crippen LogP contribution in [-0.2, 0) is 10.8 Å². The van der Waals surface area contributed by atoms with Gasteiger partial charge in [0, 0.05) is 13.6 Å². The fourth-order valence-electron chi connectivity index (χ4n) is 2.69. The minimum Gasteiger partial charge on any atom is -0.495 e. The molecule has 0 radical (unpaired) electrons. The second-order valence-electron chi connectivity index (χ2n) is 6.22. The average molecular weight is 325 g/mol. The molecule has 1 aromatic rings. The molecule has 2 rings (SSSR count). The van der Waals surface area contributed by atoms with E-state index in [1.807, 2.05) is 13.1 Å². The first-order chi connectivity index (χ1) is 9.78. The van der Waals surface area contributed by atoms with Crippen LogP contribution in [0.1, 0.15) is 17.2 Å². The van der Waals surface area contributed by atoms with Gasteiger partial charge in [0.25, 0.3) is 0 Å². The lowest BCUT2D eigenvalue weighted by molar-refractivity contribution is 0.248. The van der Waals surface area contributed by atoms with Crippen LogP contribution in [0.15, 0.2) is 6.07 Å². The van der Waals surface area contributed by atoms with E-state index in [1.165, 1.54) is 0 Å². The van der Waals surface area contributed by atoms with E-state index in [0.29, 0.717) is 10.8 Å². The predicted molar refractivity (Wildman–Crippen MR) is 87.8 cm³/mol. The summed E-state index contributed by atoms with van der Waals surface area (Å²) in [5.41, 5.74) is 2.95. The van der Waals surface area contributed by atoms with Crippen LogP contribution in [0.4, 0.5) is 5.69 Å². The Hall–Kier alpha value is -1.22. The lowest BCUT2D eigenvalue weighted by Gasteiger charge is -2.27. The molecule has 1 aliphatic rings. The number of nitrogens with zero attached hydrogens (tertiary/aromatic N) is 2. The molecule has 0 fully saturated rings. The summed E-state index contributed by atoms with van der Waals surface area (Å²) in [5.74, 6) is 0.550. The van der Waals surface area contributed by atoms with Gasteiger partial charge in [0.1, 0.15) is 5.75 Å². The van der Waals surface area contributed by atoms with Gasteiger partial charge in [-0.15, -0.1) is 0 Å². The molecule has 1 atom stereocenters. The highest BCUT2D eigenvalue weighted by Crippen LogP contribution is 2.46. The molecule has 0 saturated heterocycles. The molecule has 0 spiro atoms. The Labute approximate surface area is 132 Å². The number of fused-ring (bicyclic) bond motifs is 1. The van der Waals surface area contributed by atoms with Gasteiger partial charge in [-0.2, -0.15) is 5.26 Å². The van der Waals surface area contributed by atoms with Crippen LogP contribution in [0.25, 0.3) is 0 Å². The Kier molecular flexibility index (Phi) is 4.52. The van der Waals surface area contributed by atoms with Crippen molar-refractivity contribution < 1.29 is 9.16 Å². The number of nitriles is 1. The summed E-state index contributed by atoms with van der Waals surface area (Å²) in [6.45, 7) is 7.12. The molecular weight excluding hydrogens is 304 g/mol. The monoisotopic (exact) mass is 324 g/mol. The fraction of sp³-hybridized carbons (Fsp3) is 0.533. The van der Waals surface area contributed by atoms with Gasteiger partial charge in [-0.05, 0) is 37.7 Å². The highest BCUT2D eigenvalue weighted by atomic mass is 35.5. The van der Waals surface area contributed by atoms with E-state index in [0.717, 1.165) is 29.8 Å². The first kappa shape index (κ1) is 16.2. The third-order valence-electron chi connectivity index (χ3n) is 3.48. The number of methoxy groups -OCH3 is 1. The molecule has 114 valence electrons. The van der Waals surface area contributed by atoms with Crippen LogP contribution in [0, 0.1) is 11.3 Å². The summed E-state index contributed by atoms with van der Waals surface area (Å²) >= 11 is 6.34. The quantitative estimate of drug-likeness (QED) is 0.791. The number of benzene rings is 1. The van der Waals surface area contributed by atoms with Crippen molar-refractivity contribution in [3.05, 3.63) is 22.2 Å². The van der Waals surface area contributed by atoms with E-state index >= 15 is 0 Å². The molecule has 1 heterocycles. The number of ether oxygens (including phenoxy) is 1. The van der Waals surface area contributed by atoms with Gasteiger partial charge in [-0.3, -0.25) is 0 Å². The lowest BCUT2D eigenvalue weighted by atomic mass is 10.0. The van der Waals surface area contributed by atoms with E-state index in [9.17, 15) is 5.26 Å². The topological polar surface area (TPSA) is 45.5 Å². The maximum Gasteiger partial charge on any atom is 0.186 e. The van der Waals surface area contributed by atoms with Crippen molar-refractivity contribution in [2.75, 3.05) is 25.6 Å². The molecule has 0 aliphatic carbocycles. The van der Waals surface area contributed by atoms with Crippen molar-refractivity contribution in [1.82, 2.24) is 0 Å². The molecule has 6 heteroatoms. The zero-order chi connectivity index (χ0) is 15.8. The standard InChI is InChI=1S/C15H21ClN2O2Si/c1-18-7-6-10-8-11(16)15(19-2)13(14(10)18)12(9-17)20-21(3,4)5/h8,12H,6-7H2,1-5H3. The highest BCUT2D eigenvalue weighted by Gasteiger charge is 2.32. The fourth-order valence-corrected chi connectivity index (χ4v) is 3.88. The number of hydrogen-bond acceptors (Lipinski definition) is 4. The summed E-state index contributed by atoms with van der Waals surface area (Å²) in [6.07, 6.45) is 0.271. The largest absolute Gasteiger partial charge is 0.495 e. The minimum atomic E-state index is -1.87. The average Bonchev–Trinajstić information content (AvgIpc) is 2.74. The van der Waals surface area contributed by atoms with E-state index < -0.39 is 14.4 Å². The van der Waals surface area contributed by atoms with Crippen LogP contribution < -0.4 is 9.64 Å². The first-order valence-electron chi connectivity index (χ1n) is 6.96. The Bertz CT molecular complexity index is 593. The zero-order valence-corrected chi connectivity index (χ0v) is 14.9. The van der Waals surface area contributed by atoms with Crippen LogP contribution in [0.3, 0.4) is 0 Å². The van der Waals surface area contributed by atoms with Crippen LogP contribution in [0.5, 0.6) is 5.75 Å². The maximum absolute atomic E-state index is 9.60. The molecule has 0 N–H and O–H groups in total. The molecule has 0 aromatic heterocycles. The number of hydrogen-bond donors (Lipinski definition) is 0. The second-order valence-corrected chi connectivity index (χ2v) is 11.1. The van der Waals surface area contributed by atoms with Crippen LogP contribution in [0.2, 0.25) is 24.7 Å². The number of rotatable bonds is 4. The van der Waals surface area contributed by atoms with Gasteiger partial charge < -0.3 is 14.1 Å². The van der Waals surface area contributed by atoms with Crippen molar-refractivity contribution in [3.63, 3.8) is 0 Å². The molecule has 1 aliphatic heterocycles. The normalized spacial score (nSPS) is 15.6. The predicted octanol–water partition coefficient (Wildman–Crippen LogP) is 3.76. The van der Waals surface area contributed by atoms with E-state index in [1.54, 1.807) is 7.11 Å². The van der Waals surface area contributed by atoms with Crippen molar-refractivity contribution in [3.8, 4) is 11.8 Å². The molecule has 0 bridgehead atoms. The lowest BCUT2D eigenvalue weighted by Crippen LogP contribution is -2.28. The first-order valence-corrected chi connectivity index (χ1v) is 10.7. The summed E-state index contributed by atoms with van der Waals surface area (Å²) in [4.78, 5) is 2.14. The van der Waals surface area contributed by atoms with E-state index in [-0.39, 0.29) is 0 Å². The van der Waals surface area contributed by atoms with Crippen molar-refractivity contribution in [1.29, 1.82) is 5.26 Å². The van der Waals surface area contributed by atoms with Gasteiger partial charge in [0.15, 0.2) is 14.4 Å². The minimum absolute atomic E-state index is 0.543. The molecule has 0 amide bonds. The smallest absolute Gasteiger partial charge is 0.186 e. The van der Waals surface area contributed by atoms with E-state index in [4.69, 9.17) is 20.8 Å². The van der Waals surface area contributed by atoms with Crippen LogP contribution in [-0.4, -0.2) is 29.0 Å². The summed E-state index contributed by atoms with van der Waals surface area (Å²) in [7, 11) is 1.73. The second kappa shape index (κ2) is 5.88. The SMILES string of the molecule is COc1c(Cl)cc2c(c1C(C#N)O[Si](C)(C)C)N(C)CC2.